The highest BCUT2D eigenvalue weighted by Gasteiger charge is 2.64. The molecule has 3 heterocycles. The van der Waals surface area contributed by atoms with Crippen molar-refractivity contribution in [3.05, 3.63) is 202 Å². The predicted molar refractivity (Wildman–Crippen MR) is 363 cm³/mol. The molecule has 1 saturated heterocycles. The number of carboxylic acid groups (broad SMARTS) is 2. The Morgan fingerprint density at radius 1 is 0.839 bits per heavy atom. The molecule has 93 heavy (non-hydrogen) atoms. The van der Waals surface area contributed by atoms with Gasteiger partial charge in [0.15, 0.2) is 23.0 Å². The first kappa shape index (κ1) is 82.6. The molecule has 1 spiro atoms. The van der Waals surface area contributed by atoms with E-state index in [1.165, 1.54) is 16.7 Å². The number of likely N-dealkylation sites (tertiary alicyclic amines) is 1. The first-order valence-electron chi connectivity index (χ1n) is 29.0. The molecule has 6 aromatic rings. The number of phenolic OH excluding ortho intramolecular Hbond substituents is 1. The lowest BCUT2D eigenvalue weighted by molar-refractivity contribution is -0.134. The van der Waals surface area contributed by atoms with E-state index < -0.39 is 44.2 Å². The molecule has 10 rings (SSSR count). The minimum atomic E-state index is -4.64. The fourth-order valence-electron chi connectivity index (χ4n) is 10.7. The van der Waals surface area contributed by atoms with Crippen LogP contribution in [0.5, 0.6) is 28.7 Å². The Labute approximate surface area is 564 Å². The van der Waals surface area contributed by atoms with Gasteiger partial charge in [-0.2, -0.15) is 0 Å². The van der Waals surface area contributed by atoms with Gasteiger partial charge in [-0.3, -0.25) is 4.98 Å². The molecule has 1 fully saturated rings. The second kappa shape index (κ2) is 41.3. The molecule has 2 bridgehead atoms. The van der Waals surface area contributed by atoms with Crippen molar-refractivity contribution in [1.29, 1.82) is 0 Å². The van der Waals surface area contributed by atoms with Gasteiger partial charge >= 0.3 is 19.8 Å². The topological polar surface area (TPSA) is 368 Å². The number of halogens is 3. The minimum absolute atomic E-state index is 0. The molecule has 4 aliphatic rings. The summed E-state index contributed by atoms with van der Waals surface area (Å²) in [7, 11) is 6.80. The minimum Gasteiger partial charge on any atom is -0.508 e. The number of para-hydroxylation sites is 2. The molecule has 0 radical (unpaired) electrons. The zero-order valence-corrected chi connectivity index (χ0v) is 56.9. The molecule has 512 valence electrons. The number of pyridine rings is 1. The van der Waals surface area contributed by atoms with Crippen LogP contribution in [0.3, 0.4) is 0 Å². The highest BCUT2D eigenvalue weighted by atomic mass is 79.9. The number of aliphatic carboxylic acids is 2. The molecule has 0 amide bonds. The van der Waals surface area contributed by atoms with E-state index in [1.807, 2.05) is 66.9 Å². The third-order valence-electron chi connectivity index (χ3n) is 14.9. The number of likely N-dealkylation sites (N-methyl/N-ethyl adjacent to an activating group) is 2. The van der Waals surface area contributed by atoms with Gasteiger partial charge in [0.25, 0.3) is 0 Å². The van der Waals surface area contributed by atoms with Crippen LogP contribution in [0.25, 0.3) is 0 Å². The molecule has 2 unspecified atom stereocenters. The normalized spacial score (nSPS) is 19.1. The molecule has 0 saturated carbocycles. The third-order valence-corrected chi connectivity index (χ3v) is 15.4. The van der Waals surface area contributed by atoms with Crippen molar-refractivity contribution in [2.45, 2.75) is 80.1 Å². The van der Waals surface area contributed by atoms with Gasteiger partial charge in [-0.25, -0.2) is 14.2 Å². The van der Waals surface area contributed by atoms with E-state index in [-0.39, 0.29) is 61.3 Å². The molecule has 2 aliphatic heterocycles. The number of ether oxygens (including phenoxy) is 4. The molecule has 10 atom stereocenters. The van der Waals surface area contributed by atoms with Crippen LogP contribution in [0.4, 0.5) is 0 Å². The fraction of sp³-hybridized carbons (Fsp3) is 0.379. The number of aliphatic hydroxyl groups is 5. The van der Waals surface area contributed by atoms with Crippen molar-refractivity contribution >= 4 is 60.5 Å². The van der Waals surface area contributed by atoms with Gasteiger partial charge in [0.2, 0.25) is 0 Å². The van der Waals surface area contributed by atoms with E-state index in [9.17, 15) is 24.9 Å². The molecule has 14 N–H and O–H groups in total. The number of benzene rings is 5. The Balaban J connectivity index is 0.000000383. The number of phenols is 1. The van der Waals surface area contributed by atoms with E-state index in [2.05, 4.69) is 106 Å². The van der Waals surface area contributed by atoms with Crippen LogP contribution in [0.1, 0.15) is 71.4 Å². The first-order valence-corrected chi connectivity index (χ1v) is 31.4. The Bertz CT molecular complexity index is 3240. The van der Waals surface area contributed by atoms with E-state index in [0.717, 1.165) is 65.1 Å². The number of nitrogens with one attached hydrogen (secondary N) is 1. The molecular formula is C66H89BrCl2N5O18P. The summed E-state index contributed by atoms with van der Waals surface area (Å²) in [5.41, 5.74) is 12.2. The second-order valence-corrected chi connectivity index (χ2v) is 23.7. The number of rotatable bonds is 18. The number of methoxy groups -OCH3 is 2. The van der Waals surface area contributed by atoms with Gasteiger partial charge in [-0.15, -0.1) is 24.8 Å². The van der Waals surface area contributed by atoms with Crippen LogP contribution < -0.4 is 30.0 Å². The van der Waals surface area contributed by atoms with Crippen LogP contribution >= 0.6 is 48.6 Å². The predicted octanol–water partition coefficient (Wildman–Crippen LogP) is 7.20. The van der Waals surface area contributed by atoms with Crippen molar-refractivity contribution in [2.24, 2.45) is 11.7 Å². The van der Waals surface area contributed by atoms with E-state index in [4.69, 9.17) is 69.5 Å². The van der Waals surface area contributed by atoms with Gasteiger partial charge in [-0.05, 0) is 144 Å². The molecule has 5 aromatic carbocycles. The smallest absolute Gasteiger partial charge is 0.466 e. The van der Waals surface area contributed by atoms with Crippen molar-refractivity contribution in [3.8, 4) is 28.7 Å². The standard InChI is InChI=1S/C18H21NO3.C16H19BrN2.C10H14O4.C9H13NO2.C9H13NO.C4H4O4.2ClH.H3O4P/c1-19-8-7-18-11-4-5-13(20)17(18)22-16-14(21-2)6-3-10(15(16)18)9-12(11)19;1-19(2)12-10-15(16-5-3-4-11-18-16)13-6-8-14(17)9-7-13;1-13-9-4-2-3-5-10(9)14-7-8(12)6-11;1-10-6-9(12)7-3-2-4-8(11)5-7;1-7(10)9(11)8-5-3-2-4-6-8;5-3(6)1-2-4(7)8;;;1-5(2,3)4/h3-6,11-13,17,20H,7-9H2,1-2H3;3-9,11,15H,10,12H2,1-2H3;2-5,8,11-12H,6-7H2,1H3;2-5,9-12H,6H2,1H3;2-7,9,11H,10H2,1H3;1-2H,(H,5,6)(H,7,8);2*1H;(H3,1,2,3,4)/b;;;;;2-1-;;;/t11-,12+,13-,17-,18-;;;9-;7-,9-;;;;/m0..01..../s1. The van der Waals surface area contributed by atoms with Crippen LogP contribution in [0.15, 0.2) is 168 Å². The lowest BCUT2D eigenvalue weighted by Crippen LogP contribution is -2.64. The lowest BCUT2D eigenvalue weighted by Gasteiger charge is -2.56. The summed E-state index contributed by atoms with van der Waals surface area (Å²) < 4.78 is 32.1. The SMILES string of the molecule is CN(C)CCC(c1ccc(Br)cc1)c1ccccn1.CNC[C@H](O)c1cccc(O)c1.COc1ccc2c3c1O[C@H]1[C@@H](O)C=C[C@H]4[C@@H](C2)N(C)CC[C@@]341.COc1ccccc1OCC(O)CO.C[C@@H](N)[C@@H](O)c1ccccc1.Cl.Cl.O=C(O)/C=C\C(=O)O.O=P(O)(O)O. The fourth-order valence-corrected chi connectivity index (χ4v) is 10.9. The second-order valence-electron chi connectivity index (χ2n) is 21.8. The average Bonchev–Trinajstić information content (AvgIpc) is 1.57. The average molecular weight is 1420 g/mol. The molecule has 23 nitrogen and oxygen atoms in total. The van der Waals surface area contributed by atoms with Crippen molar-refractivity contribution in [1.82, 2.24) is 20.1 Å². The molecule has 1 aromatic heterocycles. The Hall–Kier alpha value is -6.52. The summed E-state index contributed by atoms with van der Waals surface area (Å²) in [5, 5.41) is 74.7. The van der Waals surface area contributed by atoms with E-state index in [1.54, 1.807) is 64.6 Å². The Morgan fingerprint density at radius 3 is 1.97 bits per heavy atom. The summed E-state index contributed by atoms with van der Waals surface area (Å²) in [6.45, 7) is 4.13. The van der Waals surface area contributed by atoms with Gasteiger partial charge in [0.05, 0.1) is 33.0 Å². The monoisotopic (exact) mass is 1420 g/mol. The number of carbonyl (C=O) groups is 2. The number of carboxylic acids is 2. The third kappa shape index (κ3) is 26.3. The highest BCUT2D eigenvalue weighted by Crippen LogP contribution is 2.62. The molecular weight excluding hydrogens is 1330 g/mol. The van der Waals surface area contributed by atoms with Gasteiger partial charge in [0.1, 0.15) is 30.7 Å². The van der Waals surface area contributed by atoms with E-state index >= 15 is 0 Å². The van der Waals surface area contributed by atoms with Crippen LogP contribution in [-0.4, -0.2) is 188 Å². The maximum Gasteiger partial charge on any atom is 0.466 e. The molecule has 27 heteroatoms. The lowest BCUT2D eigenvalue weighted by atomic mass is 9.53. The zero-order valence-electron chi connectivity index (χ0n) is 52.8. The van der Waals surface area contributed by atoms with Crippen molar-refractivity contribution in [3.63, 3.8) is 0 Å². The largest absolute Gasteiger partial charge is 0.508 e. The maximum atomic E-state index is 10.6. The number of aromatic nitrogens is 1. The summed E-state index contributed by atoms with van der Waals surface area (Å²) in [4.78, 5) is 49.9. The van der Waals surface area contributed by atoms with Crippen LogP contribution in [0, 0.1) is 5.92 Å². The van der Waals surface area contributed by atoms with Crippen molar-refractivity contribution in [2.75, 3.05) is 75.3 Å². The van der Waals surface area contributed by atoms with Crippen LogP contribution in [-0.2, 0) is 26.0 Å². The van der Waals surface area contributed by atoms with Gasteiger partial charge in [0, 0.05) is 70.0 Å². The van der Waals surface area contributed by atoms with Crippen LogP contribution in [0.2, 0.25) is 0 Å². The summed E-state index contributed by atoms with van der Waals surface area (Å²) >= 11 is 3.49. The van der Waals surface area contributed by atoms with Gasteiger partial charge in [-0.1, -0.05) is 107 Å². The Morgan fingerprint density at radius 2 is 1.43 bits per heavy atom. The number of hydrogen-bond acceptors (Lipinski definition) is 18. The number of aromatic hydroxyl groups is 1. The number of nitrogens with zero attached hydrogens (tertiary/aromatic N) is 3. The summed E-state index contributed by atoms with van der Waals surface area (Å²) in [6.07, 6.45) is 7.64. The van der Waals surface area contributed by atoms with E-state index in [0.29, 0.717) is 48.1 Å². The highest BCUT2D eigenvalue weighted by molar-refractivity contribution is 9.10. The zero-order chi connectivity index (χ0) is 67.4. The summed E-state index contributed by atoms with van der Waals surface area (Å²) in [6, 6.07) is 42.4. The number of aliphatic hydroxyl groups excluding tert-OH is 5. The van der Waals surface area contributed by atoms with Crippen molar-refractivity contribution < 1.29 is 88.6 Å². The Kier molecular flexibility index (Phi) is 36.7. The number of phosphoric acid groups is 1. The maximum absolute atomic E-state index is 10.6. The quantitative estimate of drug-likeness (QED) is 0.0230. The number of piperidine rings is 1. The van der Waals surface area contributed by atoms with Gasteiger partial charge < -0.3 is 95.3 Å². The first-order chi connectivity index (χ1) is 43.2. The number of nitrogens with two attached hydrogens (primary N) is 1. The summed E-state index contributed by atoms with van der Waals surface area (Å²) in [5.74, 6) is 1.28. The molecule has 2 aliphatic carbocycles. The number of hydrogen-bond donors (Lipinski definition) is 13.